The fraction of sp³-hybridized carbons (Fsp3) is 0.0154. The number of aromatic nitrogens is 2. The highest BCUT2D eigenvalue weighted by atomic mass is 15.0. The molecule has 1 aliphatic rings. The van der Waals surface area contributed by atoms with Crippen LogP contribution in [0.4, 0.5) is 0 Å². The minimum absolute atomic E-state index is 0.134. The van der Waals surface area contributed by atoms with E-state index >= 15 is 0 Å². The van der Waals surface area contributed by atoms with Gasteiger partial charge in [-0.25, -0.2) is 0 Å². The lowest BCUT2D eigenvalue weighted by Gasteiger charge is -2.27. The summed E-state index contributed by atoms with van der Waals surface area (Å²) in [4.78, 5) is 0. The number of fused-ring (bicyclic) bond motifs is 8. The summed E-state index contributed by atoms with van der Waals surface area (Å²) in [5.41, 5.74) is 10.6. The number of allylic oxidation sites excluding steroid dienone is 2. The highest BCUT2D eigenvalue weighted by Crippen LogP contribution is 2.46. The molecule has 68 heavy (non-hydrogen) atoms. The second-order valence-electron chi connectivity index (χ2n) is 18.9. The Morgan fingerprint density at radius 2 is 0.838 bits per heavy atom. The number of hydrogen-bond donors (Lipinski definition) is 1. The van der Waals surface area contributed by atoms with E-state index in [0.29, 0.717) is 0 Å². The van der Waals surface area contributed by atoms with E-state index in [-0.39, 0.29) is 6.04 Å². The average molecular weight is 862 g/mol. The molecular weight excluding hydrogens is 823 g/mol. The van der Waals surface area contributed by atoms with Gasteiger partial charge in [0, 0.05) is 38.3 Å². The fourth-order valence-corrected chi connectivity index (χ4v) is 12.4. The van der Waals surface area contributed by atoms with Gasteiger partial charge in [0.25, 0.3) is 0 Å². The van der Waals surface area contributed by atoms with Crippen LogP contribution in [0.3, 0.4) is 0 Å². The van der Waals surface area contributed by atoms with E-state index in [4.69, 9.17) is 0 Å². The van der Waals surface area contributed by atoms with Crippen molar-refractivity contribution >= 4 is 130 Å². The van der Waals surface area contributed by atoms with E-state index < -0.39 is 0 Å². The fourth-order valence-electron chi connectivity index (χ4n) is 12.4. The van der Waals surface area contributed by atoms with Crippen LogP contribution in [-0.2, 0) is 0 Å². The number of nitrogens with zero attached hydrogens (tertiary/aromatic N) is 2. The van der Waals surface area contributed by atoms with Crippen LogP contribution in [0.2, 0.25) is 0 Å². The third kappa shape index (κ3) is 4.92. The van der Waals surface area contributed by atoms with Crippen LogP contribution in [0.25, 0.3) is 136 Å². The van der Waals surface area contributed by atoms with E-state index in [1.807, 2.05) is 0 Å². The van der Waals surface area contributed by atoms with Crippen molar-refractivity contribution in [1.29, 1.82) is 0 Å². The summed E-state index contributed by atoms with van der Waals surface area (Å²) in [6, 6.07) is 79.3. The Hall–Kier alpha value is -8.92. The molecule has 1 N–H and O–H groups in total. The van der Waals surface area contributed by atoms with Gasteiger partial charge in [0.2, 0.25) is 0 Å². The lowest BCUT2D eigenvalue weighted by molar-refractivity contribution is 0.764. The standard InChI is InChI=1S/C65H39N3/c1-2-16-50-38(10-1)11-9-21-56(50)68-58-20-6-4-18-53(58)64-59(68)31-30-52-51-17-3-5-19-57(51)67(65(52)64)49-36-54(47-32-43-26-22-39-12-7-13-40-23-27-44(33-47)62(43)60(39)40)66-55(37-49)48-34-45-28-24-41-14-8-15-42-25-29-46(35-48)63(45)61(41)42/h1-37,54,66H. The van der Waals surface area contributed by atoms with Crippen LogP contribution in [0, 0.1) is 0 Å². The monoisotopic (exact) mass is 861 g/mol. The second-order valence-corrected chi connectivity index (χ2v) is 18.9. The minimum Gasteiger partial charge on any atom is -0.374 e. The Kier molecular flexibility index (Phi) is 7.13. The first kappa shape index (κ1) is 36.3. The summed E-state index contributed by atoms with van der Waals surface area (Å²) < 4.78 is 5.05. The molecule has 0 saturated carbocycles. The summed E-state index contributed by atoms with van der Waals surface area (Å²) in [5, 5.41) is 27.1. The van der Waals surface area contributed by atoms with Crippen LogP contribution in [0.5, 0.6) is 0 Å². The highest BCUT2D eigenvalue weighted by Gasteiger charge is 2.26. The van der Waals surface area contributed by atoms with Crippen LogP contribution in [0.15, 0.2) is 224 Å². The van der Waals surface area contributed by atoms with Crippen LogP contribution < -0.4 is 5.32 Å². The maximum atomic E-state index is 4.14. The van der Waals surface area contributed by atoms with Crippen molar-refractivity contribution in [3.05, 3.63) is 236 Å². The summed E-state index contributed by atoms with van der Waals surface area (Å²) in [5.74, 6) is 0. The molecule has 0 radical (unpaired) electrons. The van der Waals surface area contributed by atoms with E-state index in [1.54, 1.807) is 0 Å². The smallest absolute Gasteiger partial charge is 0.0721 e. The molecule has 1 aliphatic heterocycles. The summed E-state index contributed by atoms with van der Waals surface area (Å²) in [6.07, 6.45) is 4.87. The molecule has 2 aromatic heterocycles. The third-order valence-electron chi connectivity index (χ3n) is 15.3. The number of para-hydroxylation sites is 2. The van der Waals surface area contributed by atoms with Crippen molar-refractivity contribution in [1.82, 2.24) is 14.5 Å². The second kappa shape index (κ2) is 13.3. The van der Waals surface area contributed by atoms with E-state index in [1.165, 1.54) is 136 Å². The molecular formula is C65H39N3. The first-order valence-electron chi connectivity index (χ1n) is 23.7. The van der Waals surface area contributed by atoms with Gasteiger partial charge >= 0.3 is 0 Å². The van der Waals surface area contributed by atoms with Gasteiger partial charge in [0.05, 0.1) is 33.8 Å². The lowest BCUT2D eigenvalue weighted by Crippen LogP contribution is -2.23. The SMILES string of the molecule is C1=C(c2cc3ccc4cccc5ccc(c2)c3c45)NC(c2cc3ccc4cccc5ccc(c2)c3c45)C=C1n1c2ccccc2c2ccc3c(c4ccccc4n3-c3cccc4ccccc34)c21. The number of hydrogen-bond acceptors (Lipinski definition) is 1. The molecule has 3 nitrogen and oxygen atoms in total. The molecule has 3 heteroatoms. The predicted octanol–water partition coefficient (Wildman–Crippen LogP) is 17.1. The minimum atomic E-state index is -0.134. The van der Waals surface area contributed by atoms with Gasteiger partial charge in [-0.2, -0.15) is 0 Å². The zero-order chi connectivity index (χ0) is 44.2. The van der Waals surface area contributed by atoms with Crippen molar-refractivity contribution in [3.63, 3.8) is 0 Å². The lowest BCUT2D eigenvalue weighted by atomic mass is 9.89. The Morgan fingerprint density at radius 3 is 1.50 bits per heavy atom. The van der Waals surface area contributed by atoms with Crippen molar-refractivity contribution in [2.45, 2.75) is 6.04 Å². The molecule has 314 valence electrons. The normalized spacial score (nSPS) is 14.6. The molecule has 16 rings (SSSR count). The summed E-state index contributed by atoms with van der Waals surface area (Å²) in [7, 11) is 0. The van der Waals surface area contributed by atoms with E-state index in [9.17, 15) is 0 Å². The molecule has 0 bridgehead atoms. The molecule has 13 aromatic carbocycles. The van der Waals surface area contributed by atoms with Crippen molar-refractivity contribution in [2.75, 3.05) is 0 Å². The number of dihydropyridines is 1. The zero-order valence-corrected chi connectivity index (χ0v) is 36.8. The van der Waals surface area contributed by atoms with Crippen LogP contribution in [-0.4, -0.2) is 9.13 Å². The number of nitrogens with one attached hydrogen (secondary N) is 1. The molecule has 1 unspecified atom stereocenters. The van der Waals surface area contributed by atoms with Gasteiger partial charge in [-0.3, -0.25) is 0 Å². The van der Waals surface area contributed by atoms with Crippen molar-refractivity contribution < 1.29 is 0 Å². The average Bonchev–Trinajstić information content (AvgIpc) is 3.92. The van der Waals surface area contributed by atoms with Gasteiger partial charge in [-0.05, 0) is 142 Å². The zero-order valence-electron chi connectivity index (χ0n) is 36.8. The maximum Gasteiger partial charge on any atom is 0.0721 e. The van der Waals surface area contributed by atoms with Gasteiger partial charge in [-0.1, -0.05) is 164 Å². The number of rotatable bonds is 4. The summed E-state index contributed by atoms with van der Waals surface area (Å²) >= 11 is 0. The van der Waals surface area contributed by atoms with Crippen LogP contribution >= 0.6 is 0 Å². The molecule has 3 heterocycles. The molecule has 0 spiro atoms. The van der Waals surface area contributed by atoms with Crippen molar-refractivity contribution in [2.24, 2.45) is 0 Å². The molecule has 0 aliphatic carbocycles. The van der Waals surface area contributed by atoms with Crippen LogP contribution in [0.1, 0.15) is 17.2 Å². The Bertz CT molecular complexity index is 4580. The highest BCUT2D eigenvalue weighted by molar-refractivity contribution is 6.28. The first-order chi connectivity index (χ1) is 33.7. The topological polar surface area (TPSA) is 21.9 Å². The van der Waals surface area contributed by atoms with Gasteiger partial charge in [0.15, 0.2) is 0 Å². The molecule has 15 aromatic rings. The molecule has 0 saturated heterocycles. The van der Waals surface area contributed by atoms with E-state index in [2.05, 4.69) is 239 Å². The van der Waals surface area contributed by atoms with Gasteiger partial charge in [0.1, 0.15) is 0 Å². The van der Waals surface area contributed by atoms with E-state index in [0.717, 1.165) is 11.4 Å². The maximum absolute atomic E-state index is 4.14. The first-order valence-corrected chi connectivity index (χ1v) is 23.7. The number of benzene rings is 13. The molecule has 0 fully saturated rings. The predicted molar refractivity (Wildman–Crippen MR) is 290 cm³/mol. The Balaban J connectivity index is 0.995. The molecule has 0 amide bonds. The quantitative estimate of drug-likeness (QED) is 0.175. The Labute approximate surface area is 390 Å². The Morgan fingerprint density at radius 1 is 0.338 bits per heavy atom. The third-order valence-corrected chi connectivity index (χ3v) is 15.3. The van der Waals surface area contributed by atoms with Crippen molar-refractivity contribution in [3.8, 4) is 5.69 Å². The van der Waals surface area contributed by atoms with Gasteiger partial charge < -0.3 is 14.5 Å². The van der Waals surface area contributed by atoms with Gasteiger partial charge in [-0.15, -0.1) is 0 Å². The summed E-state index contributed by atoms with van der Waals surface area (Å²) in [6.45, 7) is 0. The largest absolute Gasteiger partial charge is 0.374 e. The molecule has 1 atom stereocenters.